The molecule has 0 radical (unpaired) electrons. The second kappa shape index (κ2) is 8.62. The number of benzene rings is 4. The first kappa shape index (κ1) is 19.3. The number of hydrogen-bond acceptors (Lipinski definition) is 3. The quantitative estimate of drug-likeness (QED) is 0.349. The monoisotopic (exact) mass is 408 g/mol. The van der Waals surface area contributed by atoms with Gasteiger partial charge in [0, 0.05) is 6.54 Å². The lowest BCUT2D eigenvalue weighted by atomic mass is 10.1. The van der Waals surface area contributed by atoms with Gasteiger partial charge in [-0.05, 0) is 47.0 Å². The Labute approximate surface area is 181 Å². The van der Waals surface area contributed by atoms with Gasteiger partial charge in [-0.2, -0.15) is 0 Å². The number of aliphatic hydroxyl groups excluding tert-OH is 1. The molecule has 0 aliphatic heterocycles. The molecule has 1 atom stereocenters. The van der Waals surface area contributed by atoms with E-state index in [4.69, 9.17) is 9.72 Å². The molecule has 1 heterocycles. The van der Waals surface area contributed by atoms with Gasteiger partial charge in [0.05, 0.1) is 17.6 Å². The van der Waals surface area contributed by atoms with E-state index in [-0.39, 0.29) is 0 Å². The topological polar surface area (TPSA) is 47.3 Å². The fourth-order valence-corrected chi connectivity index (χ4v) is 3.99. The number of aryl methyl sites for hydroxylation is 1. The van der Waals surface area contributed by atoms with E-state index < -0.39 is 6.10 Å². The molecule has 0 amide bonds. The summed E-state index contributed by atoms with van der Waals surface area (Å²) >= 11 is 0. The number of ether oxygens (including phenoxy) is 1. The Morgan fingerprint density at radius 2 is 1.55 bits per heavy atom. The molecule has 154 valence electrons. The van der Waals surface area contributed by atoms with Gasteiger partial charge in [-0.3, -0.25) is 0 Å². The minimum atomic E-state index is -0.769. The van der Waals surface area contributed by atoms with Crippen LogP contribution in [0.3, 0.4) is 0 Å². The van der Waals surface area contributed by atoms with Crippen molar-refractivity contribution >= 4 is 21.8 Å². The lowest BCUT2D eigenvalue weighted by molar-refractivity contribution is 0.203. The second-order valence-electron chi connectivity index (χ2n) is 7.63. The van der Waals surface area contributed by atoms with Gasteiger partial charge in [-0.15, -0.1) is 0 Å². The molecule has 5 rings (SSSR count). The van der Waals surface area contributed by atoms with E-state index in [1.807, 2.05) is 72.8 Å². The lowest BCUT2D eigenvalue weighted by Crippen LogP contribution is -2.12. The summed E-state index contributed by atoms with van der Waals surface area (Å²) in [6.07, 6.45) is 0.0387. The molecule has 1 aromatic heterocycles. The van der Waals surface area contributed by atoms with Gasteiger partial charge in [-0.1, -0.05) is 72.8 Å². The van der Waals surface area contributed by atoms with Crippen LogP contribution in [0, 0.1) is 0 Å². The molecule has 0 saturated carbocycles. The van der Waals surface area contributed by atoms with Crippen molar-refractivity contribution in [3.8, 4) is 5.75 Å². The van der Waals surface area contributed by atoms with E-state index in [1.165, 1.54) is 10.8 Å². The van der Waals surface area contributed by atoms with Gasteiger partial charge in [0.15, 0.2) is 0 Å². The van der Waals surface area contributed by atoms with Gasteiger partial charge in [0.2, 0.25) is 0 Å². The van der Waals surface area contributed by atoms with Crippen molar-refractivity contribution in [3.05, 3.63) is 108 Å². The Balaban J connectivity index is 1.33. The van der Waals surface area contributed by atoms with Crippen molar-refractivity contribution in [3.63, 3.8) is 0 Å². The zero-order valence-corrected chi connectivity index (χ0v) is 17.2. The summed E-state index contributed by atoms with van der Waals surface area (Å²) in [4.78, 5) is 4.73. The molecule has 0 saturated heterocycles. The fraction of sp³-hybridized carbons (Fsp3) is 0.148. The first-order valence-electron chi connectivity index (χ1n) is 10.6. The highest BCUT2D eigenvalue weighted by atomic mass is 16.5. The van der Waals surface area contributed by atoms with Crippen LogP contribution < -0.4 is 4.74 Å². The lowest BCUT2D eigenvalue weighted by Gasteiger charge is -2.15. The maximum Gasteiger partial charge on any atom is 0.143 e. The van der Waals surface area contributed by atoms with Crippen LogP contribution in [0.25, 0.3) is 21.8 Å². The predicted molar refractivity (Wildman–Crippen MR) is 124 cm³/mol. The van der Waals surface area contributed by atoms with Crippen LogP contribution in [-0.2, 0) is 6.54 Å². The third-order valence-electron chi connectivity index (χ3n) is 5.56. The highest BCUT2D eigenvalue weighted by Crippen LogP contribution is 2.26. The Hall–Kier alpha value is -3.63. The first-order valence-corrected chi connectivity index (χ1v) is 10.6. The Bertz CT molecular complexity index is 1310. The summed E-state index contributed by atoms with van der Waals surface area (Å²) in [5, 5.41) is 13.4. The standard InChI is InChI=1S/C27H24N2O2/c30-26(21-10-2-1-3-11-21)27-28-24-13-6-7-14-25(24)29(27)17-8-18-31-23-16-15-20-9-4-5-12-22(20)19-23/h1-7,9-16,19,26,30H,8,17-18H2. The van der Waals surface area contributed by atoms with Gasteiger partial charge in [-0.25, -0.2) is 4.98 Å². The number of aromatic nitrogens is 2. The number of rotatable bonds is 7. The van der Waals surface area contributed by atoms with Crippen molar-refractivity contribution in [1.82, 2.24) is 9.55 Å². The highest BCUT2D eigenvalue weighted by Gasteiger charge is 2.19. The van der Waals surface area contributed by atoms with Gasteiger partial charge in [0.25, 0.3) is 0 Å². The maximum absolute atomic E-state index is 11.0. The zero-order chi connectivity index (χ0) is 21.0. The predicted octanol–water partition coefficient (Wildman–Crippen LogP) is 5.74. The minimum Gasteiger partial charge on any atom is -0.494 e. The van der Waals surface area contributed by atoms with Crippen LogP contribution in [0.15, 0.2) is 97.1 Å². The summed E-state index contributed by atoms with van der Waals surface area (Å²) in [5.41, 5.74) is 2.76. The number of para-hydroxylation sites is 2. The van der Waals surface area contributed by atoms with Crippen molar-refractivity contribution in [2.24, 2.45) is 0 Å². The smallest absolute Gasteiger partial charge is 0.143 e. The SMILES string of the molecule is OC(c1ccccc1)c1nc2ccccc2n1CCCOc1ccc2ccccc2c1. The molecule has 1 N–H and O–H groups in total. The summed E-state index contributed by atoms with van der Waals surface area (Å²) in [7, 11) is 0. The van der Waals surface area contributed by atoms with E-state index in [2.05, 4.69) is 28.8 Å². The summed E-state index contributed by atoms with van der Waals surface area (Å²) < 4.78 is 8.12. The van der Waals surface area contributed by atoms with Crippen molar-refractivity contribution in [2.45, 2.75) is 19.1 Å². The molecule has 1 unspecified atom stereocenters. The fourth-order valence-electron chi connectivity index (χ4n) is 3.99. The molecule has 0 fully saturated rings. The summed E-state index contributed by atoms with van der Waals surface area (Å²) in [5.74, 6) is 1.54. The molecule has 0 aliphatic rings. The van der Waals surface area contributed by atoms with Crippen LogP contribution in [0.5, 0.6) is 5.75 Å². The van der Waals surface area contributed by atoms with E-state index in [9.17, 15) is 5.11 Å². The normalized spacial score (nSPS) is 12.3. The van der Waals surface area contributed by atoms with Crippen molar-refractivity contribution in [1.29, 1.82) is 0 Å². The Morgan fingerprint density at radius 3 is 2.42 bits per heavy atom. The molecular formula is C27H24N2O2. The largest absolute Gasteiger partial charge is 0.494 e. The molecular weight excluding hydrogens is 384 g/mol. The maximum atomic E-state index is 11.0. The van der Waals surface area contributed by atoms with E-state index in [0.29, 0.717) is 19.0 Å². The number of nitrogens with zero attached hydrogens (tertiary/aromatic N) is 2. The molecule has 4 heteroatoms. The summed E-state index contributed by atoms with van der Waals surface area (Å²) in [6, 6.07) is 32.1. The molecule has 4 aromatic carbocycles. The zero-order valence-electron chi connectivity index (χ0n) is 17.2. The molecule has 0 aliphatic carbocycles. The number of imidazole rings is 1. The van der Waals surface area contributed by atoms with Gasteiger partial charge < -0.3 is 14.4 Å². The van der Waals surface area contributed by atoms with Crippen LogP contribution in [0.1, 0.15) is 23.9 Å². The van der Waals surface area contributed by atoms with Gasteiger partial charge >= 0.3 is 0 Å². The van der Waals surface area contributed by atoms with Crippen LogP contribution in [0.2, 0.25) is 0 Å². The van der Waals surface area contributed by atoms with E-state index in [1.54, 1.807) is 0 Å². The van der Waals surface area contributed by atoms with Crippen molar-refractivity contribution in [2.75, 3.05) is 6.61 Å². The molecule has 5 aromatic rings. The highest BCUT2D eigenvalue weighted by molar-refractivity contribution is 5.83. The van der Waals surface area contributed by atoms with Crippen LogP contribution >= 0.6 is 0 Å². The van der Waals surface area contributed by atoms with E-state index in [0.717, 1.165) is 28.8 Å². The average molecular weight is 409 g/mol. The van der Waals surface area contributed by atoms with Crippen molar-refractivity contribution < 1.29 is 9.84 Å². The molecule has 0 spiro atoms. The molecule has 31 heavy (non-hydrogen) atoms. The average Bonchev–Trinajstić information content (AvgIpc) is 3.20. The van der Waals surface area contributed by atoms with E-state index >= 15 is 0 Å². The molecule has 4 nitrogen and oxygen atoms in total. The number of aliphatic hydroxyl groups is 1. The second-order valence-corrected chi connectivity index (χ2v) is 7.63. The molecule has 0 bridgehead atoms. The number of hydrogen-bond donors (Lipinski definition) is 1. The Morgan fingerprint density at radius 1 is 0.806 bits per heavy atom. The van der Waals surface area contributed by atoms with Gasteiger partial charge in [0.1, 0.15) is 17.7 Å². The van der Waals surface area contributed by atoms with Crippen LogP contribution in [-0.4, -0.2) is 21.3 Å². The summed E-state index contributed by atoms with van der Waals surface area (Å²) in [6.45, 7) is 1.30. The van der Waals surface area contributed by atoms with Crippen LogP contribution in [0.4, 0.5) is 0 Å². The number of fused-ring (bicyclic) bond motifs is 2. The first-order chi connectivity index (χ1) is 15.3. The Kier molecular flexibility index (Phi) is 5.38. The minimum absolute atomic E-state index is 0.589. The third-order valence-corrected chi connectivity index (χ3v) is 5.56. The third kappa shape index (κ3) is 4.03.